The van der Waals surface area contributed by atoms with Crippen molar-refractivity contribution in [3.05, 3.63) is 46.8 Å². The van der Waals surface area contributed by atoms with Gasteiger partial charge in [0.25, 0.3) is 0 Å². The molecule has 3 unspecified atom stereocenters. The molecule has 0 aromatic rings. The first-order valence-electron chi connectivity index (χ1n) is 6.76. The third kappa shape index (κ3) is 1.93. The van der Waals surface area contributed by atoms with E-state index in [0.717, 1.165) is 6.26 Å². The number of hydrogen-bond acceptors (Lipinski definition) is 4. The number of allylic oxidation sites excluding steroid dienone is 5. The highest BCUT2D eigenvalue weighted by molar-refractivity contribution is 6.09. The summed E-state index contributed by atoms with van der Waals surface area (Å²) in [5.41, 5.74) is 1.84. The second-order valence-corrected chi connectivity index (χ2v) is 5.40. The Bertz CT molecular complexity index is 697. The zero-order chi connectivity index (χ0) is 15.1. The summed E-state index contributed by atoms with van der Waals surface area (Å²) in [5.74, 6) is 0.933. The Hall–Kier alpha value is -2.54. The van der Waals surface area contributed by atoms with Gasteiger partial charge in [0.15, 0.2) is 5.78 Å². The van der Waals surface area contributed by atoms with Crippen molar-refractivity contribution in [2.45, 2.75) is 19.4 Å². The smallest absolute Gasteiger partial charge is 0.335 e. The van der Waals surface area contributed by atoms with Crippen LogP contribution in [0.2, 0.25) is 0 Å². The Kier molecular flexibility index (Phi) is 3.06. The SMILES string of the molecule is C#CC1=CC2C(=O)C(=CO)C3=C(C(=O)OC(C)C3)C2C=C1. The number of fused-ring (bicyclic) bond motifs is 2. The lowest BCUT2D eigenvalue weighted by atomic mass is 9.68. The largest absolute Gasteiger partial charge is 0.515 e. The third-order valence-electron chi connectivity index (χ3n) is 4.10. The molecule has 0 saturated heterocycles. The molecule has 3 rings (SSSR count). The van der Waals surface area contributed by atoms with Crippen LogP contribution in [0.5, 0.6) is 0 Å². The fourth-order valence-corrected chi connectivity index (χ4v) is 3.16. The summed E-state index contributed by atoms with van der Waals surface area (Å²) in [7, 11) is 0. The molecule has 1 aliphatic heterocycles. The van der Waals surface area contributed by atoms with Gasteiger partial charge in [0.05, 0.1) is 17.8 Å². The van der Waals surface area contributed by atoms with Crippen LogP contribution in [0, 0.1) is 24.2 Å². The summed E-state index contributed by atoms with van der Waals surface area (Å²) in [6.07, 6.45) is 11.5. The molecule has 4 nitrogen and oxygen atoms in total. The zero-order valence-electron chi connectivity index (χ0n) is 11.5. The minimum absolute atomic E-state index is 0.192. The molecule has 0 radical (unpaired) electrons. The van der Waals surface area contributed by atoms with E-state index in [2.05, 4.69) is 5.92 Å². The predicted octanol–water partition coefficient (Wildman–Crippen LogP) is 2.00. The Balaban J connectivity index is 2.18. The highest BCUT2D eigenvalue weighted by Crippen LogP contribution is 2.44. The van der Waals surface area contributed by atoms with Crippen LogP contribution in [0.25, 0.3) is 0 Å². The number of ether oxygens (including phenoxy) is 1. The van der Waals surface area contributed by atoms with Crippen LogP contribution < -0.4 is 0 Å². The van der Waals surface area contributed by atoms with Gasteiger partial charge in [-0.15, -0.1) is 6.42 Å². The summed E-state index contributed by atoms with van der Waals surface area (Å²) in [4.78, 5) is 24.8. The van der Waals surface area contributed by atoms with Crippen molar-refractivity contribution in [3.63, 3.8) is 0 Å². The molecular formula is C17H14O4. The second-order valence-electron chi connectivity index (χ2n) is 5.40. The first-order valence-corrected chi connectivity index (χ1v) is 6.76. The molecule has 0 bridgehead atoms. The van der Waals surface area contributed by atoms with Crippen LogP contribution in [-0.4, -0.2) is 23.0 Å². The molecule has 0 spiro atoms. The number of rotatable bonds is 0. The quantitative estimate of drug-likeness (QED) is 0.319. The molecular weight excluding hydrogens is 268 g/mol. The number of aliphatic hydroxyl groups excluding tert-OH is 1. The lowest BCUT2D eigenvalue weighted by Gasteiger charge is -2.37. The van der Waals surface area contributed by atoms with Gasteiger partial charge in [-0.2, -0.15) is 0 Å². The van der Waals surface area contributed by atoms with Crippen LogP contribution in [0.1, 0.15) is 13.3 Å². The van der Waals surface area contributed by atoms with Crippen LogP contribution in [0.15, 0.2) is 46.8 Å². The number of aliphatic hydroxyl groups is 1. The van der Waals surface area contributed by atoms with E-state index >= 15 is 0 Å². The van der Waals surface area contributed by atoms with Crippen molar-refractivity contribution >= 4 is 11.8 Å². The summed E-state index contributed by atoms with van der Waals surface area (Å²) in [5, 5.41) is 9.44. The molecule has 106 valence electrons. The van der Waals surface area contributed by atoms with E-state index in [9.17, 15) is 14.7 Å². The number of carbonyl (C=O) groups is 2. The summed E-state index contributed by atoms with van der Waals surface area (Å²) < 4.78 is 5.27. The molecule has 2 aliphatic carbocycles. The van der Waals surface area contributed by atoms with Crippen molar-refractivity contribution in [1.29, 1.82) is 0 Å². The third-order valence-corrected chi connectivity index (χ3v) is 4.10. The van der Waals surface area contributed by atoms with Gasteiger partial charge in [0.2, 0.25) is 0 Å². The van der Waals surface area contributed by atoms with E-state index < -0.39 is 11.9 Å². The topological polar surface area (TPSA) is 63.6 Å². The summed E-state index contributed by atoms with van der Waals surface area (Å²) in [6, 6.07) is 0. The molecule has 0 aromatic carbocycles. The highest BCUT2D eigenvalue weighted by Gasteiger charge is 2.45. The van der Waals surface area contributed by atoms with Crippen molar-refractivity contribution in [2.75, 3.05) is 0 Å². The van der Waals surface area contributed by atoms with Crippen molar-refractivity contribution < 1.29 is 19.4 Å². The monoisotopic (exact) mass is 282 g/mol. The maximum Gasteiger partial charge on any atom is 0.335 e. The molecule has 1 N–H and O–H groups in total. The Morgan fingerprint density at radius 3 is 2.86 bits per heavy atom. The van der Waals surface area contributed by atoms with Gasteiger partial charge in [0, 0.05) is 23.5 Å². The number of esters is 1. The van der Waals surface area contributed by atoms with Crippen LogP contribution >= 0.6 is 0 Å². The molecule has 0 saturated carbocycles. The molecule has 4 heteroatoms. The van der Waals surface area contributed by atoms with Gasteiger partial charge < -0.3 is 9.84 Å². The average Bonchev–Trinajstić information content (AvgIpc) is 2.46. The molecule has 3 aliphatic rings. The maximum atomic E-state index is 12.6. The zero-order valence-corrected chi connectivity index (χ0v) is 11.5. The molecule has 1 heterocycles. The molecule has 3 atom stereocenters. The van der Waals surface area contributed by atoms with Crippen molar-refractivity contribution in [2.24, 2.45) is 11.8 Å². The average molecular weight is 282 g/mol. The summed E-state index contributed by atoms with van der Waals surface area (Å²) in [6.45, 7) is 1.76. The highest BCUT2D eigenvalue weighted by atomic mass is 16.5. The Morgan fingerprint density at radius 2 is 2.19 bits per heavy atom. The van der Waals surface area contributed by atoms with Gasteiger partial charge >= 0.3 is 5.97 Å². The normalized spacial score (nSPS) is 33.0. The number of cyclic esters (lactones) is 1. The van der Waals surface area contributed by atoms with Gasteiger partial charge in [-0.3, -0.25) is 4.79 Å². The summed E-state index contributed by atoms with van der Waals surface area (Å²) >= 11 is 0. The number of terminal acetylenes is 1. The van der Waals surface area contributed by atoms with Crippen LogP contribution in [0.3, 0.4) is 0 Å². The standard InChI is InChI=1S/C17H14O4/c1-3-10-4-5-11-13(7-10)16(19)14(8-18)12-6-9(2)21-17(20)15(11)12/h1,4-5,7-9,11,13,18H,6H2,2H3. The fourth-order valence-electron chi connectivity index (χ4n) is 3.16. The minimum atomic E-state index is -0.556. The Morgan fingerprint density at radius 1 is 1.43 bits per heavy atom. The lowest BCUT2D eigenvalue weighted by Crippen LogP contribution is -2.39. The number of carbonyl (C=O) groups excluding carboxylic acids is 2. The molecule has 0 amide bonds. The van der Waals surface area contributed by atoms with Crippen molar-refractivity contribution in [1.82, 2.24) is 0 Å². The van der Waals surface area contributed by atoms with E-state index in [1.807, 2.05) is 0 Å². The van der Waals surface area contributed by atoms with E-state index in [4.69, 9.17) is 11.2 Å². The number of ketones is 1. The van der Waals surface area contributed by atoms with Gasteiger partial charge in [-0.25, -0.2) is 4.79 Å². The number of hydrogen-bond donors (Lipinski definition) is 1. The van der Waals surface area contributed by atoms with Crippen LogP contribution in [0.4, 0.5) is 0 Å². The fraction of sp³-hybridized carbons (Fsp3) is 0.294. The van der Waals surface area contributed by atoms with E-state index in [1.165, 1.54) is 0 Å². The molecule has 0 fully saturated rings. The van der Waals surface area contributed by atoms with E-state index in [-0.39, 0.29) is 23.4 Å². The van der Waals surface area contributed by atoms with Crippen LogP contribution in [-0.2, 0) is 14.3 Å². The number of Topliss-reactive ketones (excluding diaryl/α,β-unsaturated/α-hetero) is 1. The molecule has 21 heavy (non-hydrogen) atoms. The van der Waals surface area contributed by atoms with Crippen molar-refractivity contribution in [3.8, 4) is 12.3 Å². The van der Waals surface area contributed by atoms with E-state index in [1.54, 1.807) is 25.2 Å². The van der Waals surface area contributed by atoms with Gasteiger partial charge in [0.1, 0.15) is 6.10 Å². The lowest BCUT2D eigenvalue weighted by molar-refractivity contribution is -0.145. The molecule has 0 aromatic heterocycles. The minimum Gasteiger partial charge on any atom is -0.515 e. The second kappa shape index (κ2) is 4.78. The predicted molar refractivity (Wildman–Crippen MR) is 76.0 cm³/mol. The first kappa shape index (κ1) is 13.4. The Labute approximate surface area is 122 Å². The van der Waals surface area contributed by atoms with E-state index in [0.29, 0.717) is 23.1 Å². The first-order chi connectivity index (χ1) is 10.1. The van der Waals surface area contributed by atoms with Gasteiger partial charge in [-0.1, -0.05) is 24.1 Å². The van der Waals surface area contributed by atoms with Gasteiger partial charge in [-0.05, 0) is 12.5 Å². The maximum absolute atomic E-state index is 12.6.